The number of pyridine rings is 1. The van der Waals surface area contributed by atoms with Crippen molar-refractivity contribution in [2.75, 3.05) is 0 Å². The van der Waals surface area contributed by atoms with E-state index in [1.54, 1.807) is 6.20 Å². The number of nitrogens with zero attached hydrogens (tertiary/aromatic N) is 6. The molecule has 0 saturated heterocycles. The standard InChI is InChI=1S/C29H37N7O/c1-3-4-6-13-26-21(2)35(19-22-10-7-5-8-11-22)29(37)36(26)20-23-14-16-24(17-15-23)25-12-9-18-30-27(25)28-31-33-34-32-28/h9,12,14-18,22H,3-8,10-11,13,19-20H2,1-2H3,(H,31,32,33,34). The number of tetrazole rings is 1. The predicted molar refractivity (Wildman–Crippen MR) is 145 cm³/mol. The molecular formula is C29H37N7O. The number of H-pyrrole nitrogens is 1. The molecule has 8 heteroatoms. The van der Waals surface area contributed by atoms with Crippen LogP contribution in [0.15, 0.2) is 47.4 Å². The summed E-state index contributed by atoms with van der Waals surface area (Å²) in [5, 5.41) is 14.4. The molecule has 5 rings (SSSR count). The summed E-state index contributed by atoms with van der Waals surface area (Å²) in [4.78, 5) is 18.2. The molecule has 1 aliphatic carbocycles. The van der Waals surface area contributed by atoms with Crippen LogP contribution in [0.5, 0.6) is 0 Å². The average molecular weight is 500 g/mol. The largest absolute Gasteiger partial charge is 0.328 e. The molecule has 8 nitrogen and oxygen atoms in total. The highest BCUT2D eigenvalue weighted by atomic mass is 16.1. The van der Waals surface area contributed by atoms with Crippen LogP contribution in [0.3, 0.4) is 0 Å². The van der Waals surface area contributed by atoms with E-state index < -0.39 is 0 Å². The number of imidazole rings is 1. The molecule has 0 aliphatic heterocycles. The smallest absolute Gasteiger partial charge is 0.296 e. The fourth-order valence-electron chi connectivity index (χ4n) is 5.67. The van der Waals surface area contributed by atoms with E-state index in [0.29, 0.717) is 24.0 Å². The van der Waals surface area contributed by atoms with Crippen molar-refractivity contribution < 1.29 is 0 Å². The minimum absolute atomic E-state index is 0.144. The van der Waals surface area contributed by atoms with Gasteiger partial charge in [-0.15, -0.1) is 10.2 Å². The second-order valence-electron chi connectivity index (χ2n) is 10.3. The summed E-state index contributed by atoms with van der Waals surface area (Å²) < 4.78 is 4.09. The van der Waals surface area contributed by atoms with Crippen LogP contribution in [0.4, 0.5) is 0 Å². The van der Waals surface area contributed by atoms with E-state index in [2.05, 4.69) is 68.3 Å². The maximum absolute atomic E-state index is 13.7. The monoisotopic (exact) mass is 499 g/mol. The van der Waals surface area contributed by atoms with Crippen molar-refractivity contribution in [1.82, 2.24) is 34.7 Å². The van der Waals surface area contributed by atoms with E-state index in [0.717, 1.165) is 41.8 Å². The lowest BCUT2D eigenvalue weighted by Gasteiger charge is -2.22. The molecule has 0 amide bonds. The molecule has 3 heterocycles. The Bertz CT molecular complexity index is 1350. The third-order valence-corrected chi connectivity index (χ3v) is 7.76. The number of hydrogen-bond acceptors (Lipinski definition) is 5. The van der Waals surface area contributed by atoms with Crippen LogP contribution >= 0.6 is 0 Å². The first-order valence-electron chi connectivity index (χ1n) is 13.7. The zero-order valence-electron chi connectivity index (χ0n) is 22.0. The molecule has 1 aromatic carbocycles. The Morgan fingerprint density at radius 1 is 1.03 bits per heavy atom. The highest BCUT2D eigenvalue weighted by Crippen LogP contribution is 2.29. The fraction of sp³-hybridized carbons (Fsp3) is 0.483. The zero-order chi connectivity index (χ0) is 25.6. The summed E-state index contributed by atoms with van der Waals surface area (Å²) in [5.74, 6) is 1.09. The first-order chi connectivity index (χ1) is 18.2. The Morgan fingerprint density at radius 2 is 1.84 bits per heavy atom. The fourth-order valence-corrected chi connectivity index (χ4v) is 5.67. The first-order valence-corrected chi connectivity index (χ1v) is 13.7. The SMILES string of the molecule is CCCCCc1c(C)n(CC2CCCCC2)c(=O)n1Cc1ccc(-c2cccnc2-c2nn[nH]n2)cc1. The highest BCUT2D eigenvalue weighted by Gasteiger charge is 2.21. The molecule has 4 aromatic rings. The average Bonchev–Trinajstić information content (AvgIpc) is 3.55. The van der Waals surface area contributed by atoms with E-state index in [4.69, 9.17) is 0 Å². The highest BCUT2D eigenvalue weighted by molar-refractivity contribution is 5.77. The van der Waals surface area contributed by atoms with Crippen LogP contribution in [0, 0.1) is 12.8 Å². The lowest BCUT2D eigenvalue weighted by atomic mass is 9.89. The summed E-state index contributed by atoms with van der Waals surface area (Å²) in [6, 6.07) is 12.3. The van der Waals surface area contributed by atoms with Gasteiger partial charge in [0.15, 0.2) is 0 Å². The summed E-state index contributed by atoms with van der Waals surface area (Å²) in [7, 11) is 0. The summed E-state index contributed by atoms with van der Waals surface area (Å²) in [6.45, 7) is 5.82. The van der Waals surface area contributed by atoms with Crippen LogP contribution in [-0.4, -0.2) is 34.7 Å². The van der Waals surface area contributed by atoms with Gasteiger partial charge in [-0.25, -0.2) is 4.79 Å². The maximum atomic E-state index is 13.7. The zero-order valence-corrected chi connectivity index (χ0v) is 22.0. The summed E-state index contributed by atoms with van der Waals surface area (Å²) >= 11 is 0. The minimum atomic E-state index is 0.144. The minimum Gasteiger partial charge on any atom is -0.296 e. The molecule has 1 aliphatic rings. The first kappa shape index (κ1) is 25.1. The number of aromatic amines is 1. The Hall–Kier alpha value is -3.55. The van der Waals surface area contributed by atoms with Crippen LogP contribution < -0.4 is 5.69 Å². The molecule has 0 spiro atoms. The topological polar surface area (TPSA) is 94.3 Å². The molecule has 0 bridgehead atoms. The number of hydrogen-bond donors (Lipinski definition) is 1. The second kappa shape index (κ2) is 11.7. The van der Waals surface area contributed by atoms with Crippen LogP contribution in [0.25, 0.3) is 22.6 Å². The Kier molecular flexibility index (Phi) is 7.92. The van der Waals surface area contributed by atoms with Gasteiger partial charge in [-0.3, -0.25) is 14.1 Å². The molecular weight excluding hydrogens is 462 g/mol. The van der Waals surface area contributed by atoms with E-state index in [1.165, 1.54) is 50.6 Å². The van der Waals surface area contributed by atoms with E-state index in [1.807, 2.05) is 16.7 Å². The molecule has 3 aromatic heterocycles. The van der Waals surface area contributed by atoms with Crippen molar-refractivity contribution in [3.05, 3.63) is 70.0 Å². The second-order valence-corrected chi connectivity index (χ2v) is 10.3. The number of benzene rings is 1. The third-order valence-electron chi connectivity index (χ3n) is 7.76. The molecule has 0 unspecified atom stereocenters. The van der Waals surface area contributed by atoms with E-state index in [-0.39, 0.29) is 5.69 Å². The summed E-state index contributed by atoms with van der Waals surface area (Å²) in [6.07, 6.45) is 12.6. The van der Waals surface area contributed by atoms with E-state index in [9.17, 15) is 4.79 Å². The molecule has 194 valence electrons. The van der Waals surface area contributed by atoms with Crippen molar-refractivity contribution in [2.24, 2.45) is 5.92 Å². The van der Waals surface area contributed by atoms with Crippen molar-refractivity contribution >= 4 is 0 Å². The van der Waals surface area contributed by atoms with Gasteiger partial charge in [0.1, 0.15) is 5.69 Å². The lowest BCUT2D eigenvalue weighted by molar-refractivity contribution is 0.313. The lowest BCUT2D eigenvalue weighted by Crippen LogP contribution is -2.28. The van der Waals surface area contributed by atoms with Gasteiger partial charge in [-0.1, -0.05) is 69.4 Å². The van der Waals surface area contributed by atoms with Gasteiger partial charge in [0.05, 0.1) is 6.54 Å². The van der Waals surface area contributed by atoms with Gasteiger partial charge < -0.3 is 0 Å². The van der Waals surface area contributed by atoms with E-state index >= 15 is 0 Å². The Balaban J connectivity index is 1.42. The predicted octanol–water partition coefficient (Wildman–Crippen LogP) is 5.56. The Labute approximate surface area is 218 Å². The van der Waals surface area contributed by atoms with Crippen molar-refractivity contribution in [1.29, 1.82) is 0 Å². The van der Waals surface area contributed by atoms with Crippen LogP contribution in [0.2, 0.25) is 0 Å². The van der Waals surface area contributed by atoms with Gasteiger partial charge in [0.2, 0.25) is 5.82 Å². The number of nitrogens with one attached hydrogen (secondary N) is 1. The third kappa shape index (κ3) is 5.58. The molecule has 37 heavy (non-hydrogen) atoms. The van der Waals surface area contributed by atoms with Gasteiger partial charge in [-0.05, 0) is 60.9 Å². The summed E-state index contributed by atoms with van der Waals surface area (Å²) in [5.41, 5.74) is 6.27. The number of aromatic nitrogens is 7. The number of rotatable bonds is 10. The maximum Gasteiger partial charge on any atom is 0.328 e. The van der Waals surface area contributed by atoms with Crippen LogP contribution in [0.1, 0.15) is 75.2 Å². The molecule has 1 saturated carbocycles. The van der Waals surface area contributed by atoms with Crippen molar-refractivity contribution in [3.8, 4) is 22.6 Å². The van der Waals surface area contributed by atoms with Crippen molar-refractivity contribution in [3.63, 3.8) is 0 Å². The van der Waals surface area contributed by atoms with Gasteiger partial charge in [-0.2, -0.15) is 5.21 Å². The van der Waals surface area contributed by atoms with Gasteiger partial charge in [0, 0.05) is 29.7 Å². The Morgan fingerprint density at radius 3 is 2.57 bits per heavy atom. The van der Waals surface area contributed by atoms with Gasteiger partial charge >= 0.3 is 5.69 Å². The molecule has 1 N–H and O–H groups in total. The normalized spacial score (nSPS) is 14.3. The van der Waals surface area contributed by atoms with Crippen molar-refractivity contribution in [2.45, 2.75) is 84.7 Å². The molecule has 0 atom stereocenters. The van der Waals surface area contributed by atoms with Crippen LogP contribution in [-0.2, 0) is 19.5 Å². The van der Waals surface area contributed by atoms with Gasteiger partial charge in [0.25, 0.3) is 0 Å². The number of unbranched alkanes of at least 4 members (excludes halogenated alkanes) is 2. The molecule has 0 radical (unpaired) electrons. The molecule has 1 fully saturated rings. The quantitative estimate of drug-likeness (QED) is 0.288.